The van der Waals surface area contributed by atoms with Crippen LogP contribution in [0.3, 0.4) is 0 Å². The minimum Gasteiger partial charge on any atom is -0.478 e. The number of hydrogen-bond donors (Lipinski definition) is 2. The molecule has 100 valence electrons. The van der Waals surface area contributed by atoms with Crippen molar-refractivity contribution in [2.45, 2.75) is 19.3 Å². The lowest BCUT2D eigenvalue weighted by atomic mass is 10.1. The first-order valence-corrected chi connectivity index (χ1v) is 6.46. The highest BCUT2D eigenvalue weighted by atomic mass is 16.4. The van der Waals surface area contributed by atoms with Gasteiger partial charge in [-0.05, 0) is 37.0 Å². The molecule has 5 heteroatoms. The van der Waals surface area contributed by atoms with Crippen LogP contribution in [0.4, 0.5) is 5.69 Å². The molecule has 1 fully saturated rings. The molecule has 5 nitrogen and oxygen atoms in total. The fraction of sp³-hybridized carbons (Fsp3) is 0.429. The molecule has 3 rings (SSSR count). The number of anilines is 1. The van der Waals surface area contributed by atoms with E-state index in [0.717, 1.165) is 30.5 Å². The van der Waals surface area contributed by atoms with Crippen molar-refractivity contribution in [2.75, 3.05) is 18.0 Å². The van der Waals surface area contributed by atoms with Gasteiger partial charge in [0.1, 0.15) is 0 Å². The molecule has 0 unspecified atom stereocenters. The molecule has 0 radical (unpaired) electrons. The number of benzene rings is 1. The van der Waals surface area contributed by atoms with Crippen LogP contribution >= 0.6 is 0 Å². The van der Waals surface area contributed by atoms with E-state index < -0.39 is 5.97 Å². The standard InChI is InChI=1S/C14H16N2O3/c15-8-14(4-5-14)13(19)16-6-3-9-1-2-10(12(17)18)7-11(9)16/h1-2,7H,3-6,8,15H2,(H,17,18). The minimum atomic E-state index is -0.970. The molecule has 1 amide bonds. The van der Waals surface area contributed by atoms with Crippen LogP contribution in [0.5, 0.6) is 0 Å². The molecule has 0 spiro atoms. The summed E-state index contributed by atoms with van der Waals surface area (Å²) in [6.07, 6.45) is 2.46. The molecule has 1 aliphatic heterocycles. The van der Waals surface area contributed by atoms with Crippen LogP contribution in [0.1, 0.15) is 28.8 Å². The first-order valence-electron chi connectivity index (χ1n) is 6.46. The summed E-state index contributed by atoms with van der Waals surface area (Å²) >= 11 is 0. The quantitative estimate of drug-likeness (QED) is 0.849. The molecule has 0 saturated heterocycles. The molecule has 3 N–H and O–H groups in total. The molecule has 2 aliphatic rings. The zero-order valence-electron chi connectivity index (χ0n) is 10.6. The lowest BCUT2D eigenvalue weighted by Crippen LogP contribution is -2.39. The lowest BCUT2D eigenvalue weighted by molar-refractivity contribution is -0.123. The Kier molecular flexibility index (Phi) is 2.60. The zero-order chi connectivity index (χ0) is 13.6. The van der Waals surface area contributed by atoms with E-state index >= 15 is 0 Å². The van der Waals surface area contributed by atoms with Gasteiger partial charge in [0.2, 0.25) is 5.91 Å². The van der Waals surface area contributed by atoms with Gasteiger partial charge in [-0.15, -0.1) is 0 Å². The summed E-state index contributed by atoms with van der Waals surface area (Å²) in [6.45, 7) is 0.995. The fourth-order valence-electron chi connectivity index (χ4n) is 2.67. The number of carboxylic acid groups (broad SMARTS) is 1. The van der Waals surface area contributed by atoms with Crippen molar-refractivity contribution in [1.29, 1.82) is 0 Å². The molecule has 0 aromatic heterocycles. The van der Waals surface area contributed by atoms with E-state index in [2.05, 4.69) is 0 Å². The van der Waals surface area contributed by atoms with Crippen molar-refractivity contribution in [3.63, 3.8) is 0 Å². The van der Waals surface area contributed by atoms with Crippen molar-refractivity contribution >= 4 is 17.6 Å². The number of hydrogen-bond acceptors (Lipinski definition) is 3. The number of nitrogens with zero attached hydrogens (tertiary/aromatic N) is 1. The fourth-order valence-corrected chi connectivity index (χ4v) is 2.67. The Bertz CT molecular complexity index is 564. The van der Waals surface area contributed by atoms with Gasteiger partial charge in [-0.25, -0.2) is 4.79 Å². The maximum absolute atomic E-state index is 12.5. The average Bonchev–Trinajstić information content (AvgIpc) is 3.10. The summed E-state index contributed by atoms with van der Waals surface area (Å²) in [5, 5.41) is 9.04. The Morgan fingerprint density at radius 3 is 2.68 bits per heavy atom. The molecule has 1 aromatic rings. The van der Waals surface area contributed by atoms with Crippen molar-refractivity contribution in [3.8, 4) is 0 Å². The van der Waals surface area contributed by atoms with E-state index in [1.807, 2.05) is 0 Å². The van der Waals surface area contributed by atoms with Gasteiger partial charge in [0, 0.05) is 18.8 Å². The van der Waals surface area contributed by atoms with Crippen molar-refractivity contribution in [2.24, 2.45) is 11.1 Å². The predicted molar refractivity (Wildman–Crippen MR) is 70.2 cm³/mol. The highest BCUT2D eigenvalue weighted by Gasteiger charge is 2.51. The maximum Gasteiger partial charge on any atom is 0.335 e. The van der Waals surface area contributed by atoms with Crippen LogP contribution in [-0.4, -0.2) is 30.1 Å². The van der Waals surface area contributed by atoms with Crippen LogP contribution in [0.15, 0.2) is 18.2 Å². The van der Waals surface area contributed by atoms with Crippen LogP contribution in [-0.2, 0) is 11.2 Å². The number of carboxylic acids is 1. The second kappa shape index (κ2) is 4.06. The van der Waals surface area contributed by atoms with Crippen LogP contribution in [0, 0.1) is 5.41 Å². The molecule has 1 saturated carbocycles. The predicted octanol–water partition coefficient (Wildman–Crippen LogP) is 1.01. The van der Waals surface area contributed by atoms with Gasteiger partial charge in [0.05, 0.1) is 11.0 Å². The molecule has 19 heavy (non-hydrogen) atoms. The van der Waals surface area contributed by atoms with Gasteiger partial charge < -0.3 is 15.7 Å². The smallest absolute Gasteiger partial charge is 0.335 e. The molecule has 1 aliphatic carbocycles. The number of nitrogens with two attached hydrogens (primary N) is 1. The average molecular weight is 260 g/mol. The normalized spacial score (nSPS) is 19.1. The van der Waals surface area contributed by atoms with E-state index in [1.165, 1.54) is 0 Å². The van der Waals surface area contributed by atoms with Crippen LogP contribution in [0.25, 0.3) is 0 Å². The second-order valence-corrected chi connectivity index (χ2v) is 5.34. The molecule has 0 bridgehead atoms. The van der Waals surface area contributed by atoms with Gasteiger partial charge in [-0.1, -0.05) is 6.07 Å². The first kappa shape index (κ1) is 12.2. The van der Waals surface area contributed by atoms with E-state index in [0.29, 0.717) is 13.1 Å². The second-order valence-electron chi connectivity index (χ2n) is 5.34. The topological polar surface area (TPSA) is 83.6 Å². The SMILES string of the molecule is NCC1(C(=O)N2CCc3ccc(C(=O)O)cc32)CC1. The van der Waals surface area contributed by atoms with E-state index in [-0.39, 0.29) is 16.9 Å². The third-order valence-electron chi connectivity index (χ3n) is 4.17. The number of fused-ring (bicyclic) bond motifs is 1. The number of amides is 1. The first-order chi connectivity index (χ1) is 9.07. The number of carbonyl (C=O) groups is 2. The van der Waals surface area contributed by atoms with E-state index in [9.17, 15) is 9.59 Å². The molecule has 1 aromatic carbocycles. The Labute approximate surface area is 111 Å². The van der Waals surface area contributed by atoms with E-state index in [1.54, 1.807) is 23.1 Å². The Hall–Kier alpha value is -1.88. The molecule has 1 heterocycles. The van der Waals surface area contributed by atoms with Crippen molar-refractivity contribution in [1.82, 2.24) is 0 Å². The maximum atomic E-state index is 12.5. The molecular formula is C14H16N2O3. The monoisotopic (exact) mass is 260 g/mol. The van der Waals surface area contributed by atoms with Gasteiger partial charge in [-0.2, -0.15) is 0 Å². The zero-order valence-corrected chi connectivity index (χ0v) is 10.6. The summed E-state index contributed by atoms with van der Waals surface area (Å²) in [5.74, 6) is -0.918. The summed E-state index contributed by atoms with van der Waals surface area (Å²) in [6, 6.07) is 4.98. The highest BCUT2D eigenvalue weighted by molar-refractivity contribution is 6.02. The number of rotatable bonds is 3. The van der Waals surface area contributed by atoms with Gasteiger partial charge in [-0.3, -0.25) is 4.79 Å². The Morgan fingerprint density at radius 2 is 2.11 bits per heavy atom. The molecule has 0 atom stereocenters. The van der Waals surface area contributed by atoms with Crippen molar-refractivity contribution in [3.05, 3.63) is 29.3 Å². The lowest BCUT2D eigenvalue weighted by Gasteiger charge is -2.23. The minimum absolute atomic E-state index is 0.0521. The Balaban J connectivity index is 1.95. The third-order valence-corrected chi connectivity index (χ3v) is 4.17. The van der Waals surface area contributed by atoms with Crippen LogP contribution < -0.4 is 10.6 Å². The highest BCUT2D eigenvalue weighted by Crippen LogP contribution is 2.47. The largest absolute Gasteiger partial charge is 0.478 e. The number of carbonyl (C=O) groups excluding carboxylic acids is 1. The van der Waals surface area contributed by atoms with Gasteiger partial charge >= 0.3 is 5.97 Å². The molecular weight excluding hydrogens is 244 g/mol. The summed E-state index contributed by atoms with van der Waals surface area (Å²) in [5.41, 5.74) is 7.30. The Morgan fingerprint density at radius 1 is 1.37 bits per heavy atom. The summed E-state index contributed by atoms with van der Waals surface area (Å²) < 4.78 is 0. The van der Waals surface area contributed by atoms with Gasteiger partial charge in [0.25, 0.3) is 0 Å². The van der Waals surface area contributed by atoms with Gasteiger partial charge in [0.15, 0.2) is 0 Å². The third kappa shape index (κ3) is 1.81. The summed E-state index contributed by atoms with van der Waals surface area (Å²) in [4.78, 5) is 25.2. The van der Waals surface area contributed by atoms with Crippen LogP contribution in [0.2, 0.25) is 0 Å². The van der Waals surface area contributed by atoms with Crippen molar-refractivity contribution < 1.29 is 14.7 Å². The summed E-state index contributed by atoms with van der Waals surface area (Å²) in [7, 11) is 0. The van der Waals surface area contributed by atoms with E-state index in [4.69, 9.17) is 10.8 Å². The number of aromatic carboxylic acids is 1.